The Morgan fingerprint density at radius 3 is 2.92 bits per heavy atom. The van der Waals surface area contributed by atoms with Crippen molar-refractivity contribution in [1.82, 2.24) is 18.9 Å². The molecule has 2 heterocycles. The van der Waals surface area contributed by atoms with E-state index in [0.717, 1.165) is 11.0 Å². The van der Waals surface area contributed by atoms with Gasteiger partial charge in [0.2, 0.25) is 11.0 Å². The Kier molecular flexibility index (Phi) is 1.97. The average Bonchev–Trinajstić information content (AvgIpc) is 2.71. The fourth-order valence-corrected chi connectivity index (χ4v) is 1.51. The maximum absolute atomic E-state index is 4.24. The van der Waals surface area contributed by atoms with E-state index in [9.17, 15) is 0 Å². The van der Waals surface area contributed by atoms with Crippen LogP contribution in [0.3, 0.4) is 0 Å². The van der Waals surface area contributed by atoms with Gasteiger partial charge in [-0.05, 0) is 0 Å². The number of hydrogen-bond donors (Lipinski definition) is 1. The first-order valence-corrected chi connectivity index (χ1v) is 4.58. The Bertz CT molecular complexity index is 404. The highest BCUT2D eigenvalue weighted by Gasteiger charge is 2.08. The zero-order valence-electron chi connectivity index (χ0n) is 7.35. The molecule has 0 aliphatic heterocycles. The summed E-state index contributed by atoms with van der Waals surface area (Å²) in [5.41, 5.74) is 0. The number of hydrogen-bond acceptors (Lipinski definition) is 5. The molecule has 0 fully saturated rings. The van der Waals surface area contributed by atoms with E-state index < -0.39 is 0 Å². The van der Waals surface area contributed by atoms with Crippen molar-refractivity contribution in [3.05, 3.63) is 12.4 Å². The first-order chi connectivity index (χ1) is 6.31. The van der Waals surface area contributed by atoms with Crippen LogP contribution in [0.5, 0.6) is 0 Å². The third kappa shape index (κ3) is 1.40. The molecular weight excluding hydrogens is 186 g/mol. The number of nitrogens with one attached hydrogen (secondary N) is 1. The highest BCUT2D eigenvalue weighted by Crippen LogP contribution is 2.18. The molecule has 2 aromatic rings. The molecule has 5 nitrogen and oxygen atoms in total. The van der Waals surface area contributed by atoms with Gasteiger partial charge in [-0.25, -0.2) is 4.98 Å². The molecule has 0 saturated heterocycles. The van der Waals surface area contributed by atoms with Crippen molar-refractivity contribution in [2.75, 3.05) is 12.4 Å². The molecular formula is C7H9N5S. The van der Waals surface area contributed by atoms with E-state index in [-0.39, 0.29) is 0 Å². The molecule has 68 valence electrons. The van der Waals surface area contributed by atoms with Gasteiger partial charge < -0.3 is 9.88 Å². The van der Waals surface area contributed by atoms with E-state index in [1.54, 1.807) is 6.20 Å². The zero-order valence-corrected chi connectivity index (χ0v) is 8.17. The molecule has 1 N–H and O–H groups in total. The smallest absolute Gasteiger partial charge is 0.210 e. The van der Waals surface area contributed by atoms with Crippen molar-refractivity contribution >= 4 is 16.7 Å². The maximum Gasteiger partial charge on any atom is 0.210 e. The van der Waals surface area contributed by atoms with Crippen LogP contribution in [0.2, 0.25) is 0 Å². The fraction of sp³-hybridized carbons (Fsp3) is 0.286. The molecule has 0 aliphatic carbocycles. The predicted octanol–water partition coefficient (Wildman–Crippen LogP) is 0.980. The molecule has 2 aromatic heterocycles. The molecule has 6 heteroatoms. The Hall–Kier alpha value is -1.43. The molecule has 0 saturated carbocycles. The summed E-state index contributed by atoms with van der Waals surface area (Å²) in [7, 11) is 3.74. The molecule has 0 unspecified atom stereocenters. The van der Waals surface area contributed by atoms with E-state index in [1.807, 2.05) is 24.9 Å². The van der Waals surface area contributed by atoms with Gasteiger partial charge in [0.15, 0.2) is 5.82 Å². The quantitative estimate of drug-likeness (QED) is 0.776. The van der Waals surface area contributed by atoms with Gasteiger partial charge in [-0.2, -0.15) is 9.36 Å². The molecule has 13 heavy (non-hydrogen) atoms. The third-order valence-corrected chi connectivity index (χ3v) is 2.39. The molecule has 0 bridgehead atoms. The summed E-state index contributed by atoms with van der Waals surface area (Å²) in [6.45, 7) is 0. The van der Waals surface area contributed by atoms with Gasteiger partial charge in [-0.15, -0.1) is 0 Å². The zero-order chi connectivity index (χ0) is 9.26. The maximum atomic E-state index is 4.24. The summed E-state index contributed by atoms with van der Waals surface area (Å²) in [5, 5.41) is 3.74. The van der Waals surface area contributed by atoms with Crippen molar-refractivity contribution < 1.29 is 0 Å². The van der Waals surface area contributed by atoms with Crippen LogP contribution in [-0.2, 0) is 7.05 Å². The normalized spacial score (nSPS) is 10.3. The number of nitrogens with zero attached hydrogens (tertiary/aromatic N) is 4. The standard InChI is InChI=1S/C7H9N5S/c1-8-7-10-5(11-13-7)6-9-3-4-12(6)2/h3-4H,1-2H3,(H,8,10,11). The molecule has 0 spiro atoms. The monoisotopic (exact) mass is 195 g/mol. The first-order valence-electron chi connectivity index (χ1n) is 3.80. The Morgan fingerprint density at radius 1 is 1.54 bits per heavy atom. The molecule has 0 radical (unpaired) electrons. The number of aryl methyl sites for hydroxylation is 1. The van der Waals surface area contributed by atoms with Crippen LogP contribution < -0.4 is 5.32 Å². The van der Waals surface area contributed by atoms with Crippen molar-refractivity contribution in [2.24, 2.45) is 7.05 Å². The van der Waals surface area contributed by atoms with Crippen LogP contribution in [0.25, 0.3) is 11.6 Å². The SMILES string of the molecule is CNc1nc(-c2nccn2C)ns1. The average molecular weight is 195 g/mol. The van der Waals surface area contributed by atoms with E-state index in [0.29, 0.717) is 5.82 Å². The summed E-state index contributed by atoms with van der Waals surface area (Å²) in [4.78, 5) is 8.40. The van der Waals surface area contributed by atoms with Gasteiger partial charge in [-0.1, -0.05) is 0 Å². The predicted molar refractivity (Wildman–Crippen MR) is 51.7 cm³/mol. The Morgan fingerprint density at radius 2 is 2.38 bits per heavy atom. The lowest BCUT2D eigenvalue weighted by Gasteiger charge is -1.93. The minimum atomic E-state index is 0.668. The molecule has 0 aliphatic rings. The summed E-state index contributed by atoms with van der Waals surface area (Å²) in [5.74, 6) is 1.46. The van der Waals surface area contributed by atoms with Crippen LogP contribution in [0, 0.1) is 0 Å². The molecule has 0 atom stereocenters. The van der Waals surface area contributed by atoms with Crippen LogP contribution in [0.1, 0.15) is 0 Å². The van der Waals surface area contributed by atoms with Crippen LogP contribution in [0.4, 0.5) is 5.13 Å². The van der Waals surface area contributed by atoms with Gasteiger partial charge in [-0.3, -0.25) is 0 Å². The van der Waals surface area contributed by atoms with Gasteiger partial charge in [0.05, 0.1) is 0 Å². The summed E-state index contributed by atoms with van der Waals surface area (Å²) < 4.78 is 6.07. The van der Waals surface area contributed by atoms with Gasteiger partial charge in [0.25, 0.3) is 0 Å². The van der Waals surface area contributed by atoms with Gasteiger partial charge in [0.1, 0.15) is 0 Å². The Labute approximate surface area is 79.6 Å². The second-order valence-corrected chi connectivity index (χ2v) is 3.29. The number of anilines is 1. The molecule has 0 amide bonds. The van der Waals surface area contributed by atoms with Crippen LogP contribution >= 0.6 is 11.5 Å². The highest BCUT2D eigenvalue weighted by atomic mass is 32.1. The second-order valence-electron chi connectivity index (χ2n) is 2.53. The molecule has 2 rings (SSSR count). The van der Waals surface area contributed by atoms with E-state index in [2.05, 4.69) is 19.7 Å². The minimum Gasteiger partial charge on any atom is -0.363 e. The summed E-state index contributed by atoms with van der Waals surface area (Å²) >= 11 is 1.33. The number of rotatable bonds is 2. The fourth-order valence-electron chi connectivity index (χ4n) is 0.997. The van der Waals surface area contributed by atoms with Gasteiger partial charge >= 0.3 is 0 Å². The van der Waals surface area contributed by atoms with Crippen molar-refractivity contribution in [3.63, 3.8) is 0 Å². The first kappa shape index (κ1) is 8.18. The topological polar surface area (TPSA) is 55.6 Å². The van der Waals surface area contributed by atoms with Crippen LogP contribution in [0.15, 0.2) is 12.4 Å². The van der Waals surface area contributed by atoms with Crippen LogP contribution in [-0.4, -0.2) is 26.0 Å². The highest BCUT2D eigenvalue weighted by molar-refractivity contribution is 7.09. The van der Waals surface area contributed by atoms with Gasteiger partial charge in [0, 0.05) is 38.0 Å². The number of imidazole rings is 1. The lowest BCUT2D eigenvalue weighted by atomic mass is 10.6. The van der Waals surface area contributed by atoms with E-state index in [4.69, 9.17) is 0 Å². The lowest BCUT2D eigenvalue weighted by molar-refractivity contribution is 0.913. The lowest BCUT2D eigenvalue weighted by Crippen LogP contribution is -1.93. The minimum absolute atomic E-state index is 0.668. The van der Waals surface area contributed by atoms with E-state index in [1.165, 1.54) is 11.5 Å². The van der Waals surface area contributed by atoms with Crippen molar-refractivity contribution in [2.45, 2.75) is 0 Å². The number of aromatic nitrogens is 4. The van der Waals surface area contributed by atoms with E-state index >= 15 is 0 Å². The molecule has 0 aromatic carbocycles. The van der Waals surface area contributed by atoms with Crippen molar-refractivity contribution in [1.29, 1.82) is 0 Å². The Balaban J connectivity index is 2.41. The second kappa shape index (κ2) is 3.14. The third-order valence-electron chi connectivity index (χ3n) is 1.66. The largest absolute Gasteiger partial charge is 0.363 e. The summed E-state index contributed by atoms with van der Waals surface area (Å²) in [6.07, 6.45) is 3.60. The van der Waals surface area contributed by atoms with Crippen molar-refractivity contribution in [3.8, 4) is 11.6 Å². The summed E-state index contributed by atoms with van der Waals surface area (Å²) in [6, 6.07) is 0.